The smallest absolute Gasteiger partial charge is 0.229 e. The molecule has 182 valence electrons. The van der Waals surface area contributed by atoms with Gasteiger partial charge in [0.2, 0.25) is 5.95 Å². The number of nitrogens with one attached hydrogen (secondary N) is 1. The first kappa shape index (κ1) is 24.8. The van der Waals surface area contributed by atoms with Crippen LogP contribution in [0, 0.1) is 11.6 Å². The van der Waals surface area contributed by atoms with Crippen LogP contribution in [0.1, 0.15) is 12.5 Å². The third kappa shape index (κ3) is 5.70. The van der Waals surface area contributed by atoms with Crippen LogP contribution in [-0.2, 0) is 6.54 Å². The van der Waals surface area contributed by atoms with E-state index in [-0.39, 0.29) is 29.6 Å². The standard InChI is InChI=1S/C25H25F2N7.ClH/c1-2-33-8-10-34(11-9-33)16-17-5-6-22(29-14-17)31-25-30-15-21(27)24(32-25)19-12-18-4-3-7-28-23(18)20(26)13-19;/h3-7,12-15H,2,8-11,16H2,1H3,(H,29,30,31,32);1H. The average Bonchev–Trinajstić information content (AvgIpc) is 2.87. The Hall–Kier alpha value is -3.27. The maximum absolute atomic E-state index is 14.5. The van der Waals surface area contributed by atoms with Crippen LogP contribution in [0.4, 0.5) is 20.5 Å². The number of pyridine rings is 2. The number of fused-ring (bicyclic) bond motifs is 1. The normalized spacial score (nSPS) is 14.6. The molecule has 5 rings (SSSR count). The van der Waals surface area contributed by atoms with Crippen molar-refractivity contribution in [3.05, 3.63) is 72.2 Å². The van der Waals surface area contributed by atoms with Gasteiger partial charge in [-0.3, -0.25) is 9.88 Å². The Morgan fingerprint density at radius 2 is 1.71 bits per heavy atom. The van der Waals surface area contributed by atoms with Crippen molar-refractivity contribution in [2.75, 3.05) is 38.0 Å². The molecule has 7 nitrogen and oxygen atoms in total. The zero-order valence-corrected chi connectivity index (χ0v) is 20.1. The number of rotatable bonds is 6. The molecule has 4 aromatic rings. The lowest BCUT2D eigenvalue weighted by Gasteiger charge is -2.33. The molecule has 35 heavy (non-hydrogen) atoms. The van der Waals surface area contributed by atoms with E-state index in [4.69, 9.17) is 0 Å². The lowest BCUT2D eigenvalue weighted by molar-refractivity contribution is 0.132. The summed E-state index contributed by atoms with van der Waals surface area (Å²) in [7, 11) is 0. The molecule has 1 aliphatic heterocycles. The Morgan fingerprint density at radius 1 is 0.914 bits per heavy atom. The summed E-state index contributed by atoms with van der Waals surface area (Å²) in [6.07, 6.45) is 4.41. The number of benzene rings is 1. The predicted octanol–water partition coefficient (Wildman–Crippen LogP) is 4.67. The van der Waals surface area contributed by atoms with Crippen molar-refractivity contribution in [3.63, 3.8) is 0 Å². The fraction of sp³-hybridized carbons (Fsp3) is 0.280. The Bertz CT molecular complexity index is 1290. The Kier molecular flexibility index (Phi) is 7.80. The second kappa shape index (κ2) is 11.0. The molecule has 0 unspecified atom stereocenters. The maximum atomic E-state index is 14.5. The van der Waals surface area contributed by atoms with Crippen LogP contribution in [0.25, 0.3) is 22.2 Å². The quantitative estimate of drug-likeness (QED) is 0.415. The first-order chi connectivity index (χ1) is 16.6. The van der Waals surface area contributed by atoms with E-state index in [0.29, 0.717) is 16.8 Å². The highest BCUT2D eigenvalue weighted by Gasteiger charge is 2.16. The van der Waals surface area contributed by atoms with Gasteiger partial charge in [0.05, 0.1) is 6.20 Å². The van der Waals surface area contributed by atoms with Gasteiger partial charge >= 0.3 is 0 Å². The number of likely N-dealkylation sites (N-methyl/N-ethyl adjacent to an activating group) is 1. The van der Waals surface area contributed by atoms with Crippen LogP contribution < -0.4 is 5.32 Å². The van der Waals surface area contributed by atoms with Gasteiger partial charge < -0.3 is 10.2 Å². The summed E-state index contributed by atoms with van der Waals surface area (Å²) in [6, 6.07) is 10.2. The van der Waals surface area contributed by atoms with Crippen molar-refractivity contribution in [3.8, 4) is 11.3 Å². The van der Waals surface area contributed by atoms with E-state index in [1.807, 2.05) is 18.3 Å². The molecule has 10 heteroatoms. The highest BCUT2D eigenvalue weighted by atomic mass is 35.5. The van der Waals surface area contributed by atoms with E-state index in [9.17, 15) is 8.78 Å². The number of halogens is 3. The molecule has 0 amide bonds. The number of anilines is 2. The molecular formula is C25H26ClF2N7. The van der Waals surface area contributed by atoms with Crippen LogP contribution in [0.2, 0.25) is 0 Å². The highest BCUT2D eigenvalue weighted by Crippen LogP contribution is 2.27. The predicted molar refractivity (Wildman–Crippen MR) is 135 cm³/mol. The first-order valence-corrected chi connectivity index (χ1v) is 11.3. The van der Waals surface area contributed by atoms with Gasteiger partial charge in [-0.05, 0) is 36.4 Å². The monoisotopic (exact) mass is 497 g/mol. The van der Waals surface area contributed by atoms with Crippen LogP contribution in [-0.4, -0.2) is 62.5 Å². The minimum atomic E-state index is -0.639. The van der Waals surface area contributed by atoms with Crippen molar-refractivity contribution >= 4 is 35.1 Å². The van der Waals surface area contributed by atoms with Crippen LogP contribution in [0.3, 0.4) is 0 Å². The molecule has 1 aromatic carbocycles. The summed E-state index contributed by atoms with van der Waals surface area (Å²) in [6.45, 7) is 8.41. The second-order valence-corrected chi connectivity index (χ2v) is 8.31. The zero-order valence-electron chi connectivity index (χ0n) is 19.3. The summed E-state index contributed by atoms with van der Waals surface area (Å²) in [5.74, 6) is -0.446. The van der Waals surface area contributed by atoms with Gasteiger partial charge in [0.15, 0.2) is 5.82 Å². The largest absolute Gasteiger partial charge is 0.309 e. The fourth-order valence-corrected chi connectivity index (χ4v) is 4.14. The molecule has 3 aromatic heterocycles. The Labute approximate surface area is 208 Å². The van der Waals surface area contributed by atoms with Gasteiger partial charge in [0.1, 0.15) is 22.8 Å². The van der Waals surface area contributed by atoms with Gasteiger partial charge in [0.25, 0.3) is 0 Å². The number of hydrogen-bond donors (Lipinski definition) is 1. The molecule has 0 spiro atoms. The lowest BCUT2D eigenvalue weighted by atomic mass is 10.1. The molecule has 4 heterocycles. The summed E-state index contributed by atoms with van der Waals surface area (Å²) in [5.41, 5.74) is 1.67. The van der Waals surface area contributed by atoms with Crippen LogP contribution in [0.5, 0.6) is 0 Å². The van der Waals surface area contributed by atoms with Gasteiger partial charge in [-0.2, -0.15) is 0 Å². The van der Waals surface area contributed by atoms with E-state index in [0.717, 1.165) is 51.0 Å². The highest BCUT2D eigenvalue weighted by molar-refractivity contribution is 5.85. The summed E-state index contributed by atoms with van der Waals surface area (Å²) in [4.78, 5) is 21.7. The van der Waals surface area contributed by atoms with E-state index in [1.54, 1.807) is 18.2 Å². The van der Waals surface area contributed by atoms with E-state index >= 15 is 0 Å². The van der Waals surface area contributed by atoms with Crippen molar-refractivity contribution in [2.24, 2.45) is 0 Å². The third-order valence-corrected chi connectivity index (χ3v) is 6.06. The van der Waals surface area contributed by atoms with Crippen molar-refractivity contribution in [2.45, 2.75) is 13.5 Å². The topological polar surface area (TPSA) is 70.1 Å². The summed E-state index contributed by atoms with van der Waals surface area (Å²) >= 11 is 0. The minimum Gasteiger partial charge on any atom is -0.309 e. The number of aromatic nitrogens is 4. The minimum absolute atomic E-state index is 0. The van der Waals surface area contributed by atoms with Gasteiger partial charge in [-0.15, -0.1) is 12.4 Å². The van der Waals surface area contributed by atoms with E-state index in [1.165, 1.54) is 12.3 Å². The molecule has 0 bridgehead atoms. The molecule has 1 N–H and O–H groups in total. The fourth-order valence-electron chi connectivity index (χ4n) is 4.14. The SMILES string of the molecule is CCN1CCN(Cc2ccc(Nc3ncc(F)c(-c4cc(F)c5ncccc5c4)n3)nc2)CC1.Cl. The van der Waals surface area contributed by atoms with Crippen molar-refractivity contribution in [1.29, 1.82) is 0 Å². The molecular weight excluding hydrogens is 472 g/mol. The van der Waals surface area contributed by atoms with Crippen molar-refractivity contribution < 1.29 is 8.78 Å². The van der Waals surface area contributed by atoms with E-state index in [2.05, 4.69) is 42.0 Å². The van der Waals surface area contributed by atoms with Crippen LogP contribution in [0.15, 0.2) is 55.0 Å². The Balaban J connectivity index is 0.00000289. The molecule has 0 aliphatic carbocycles. The number of nitrogens with zero attached hydrogens (tertiary/aromatic N) is 6. The lowest BCUT2D eigenvalue weighted by Crippen LogP contribution is -2.45. The number of piperazine rings is 1. The summed E-state index contributed by atoms with van der Waals surface area (Å²) < 4.78 is 29.0. The van der Waals surface area contributed by atoms with Crippen LogP contribution >= 0.6 is 12.4 Å². The average molecular weight is 498 g/mol. The molecule has 0 saturated carbocycles. The molecule has 1 fully saturated rings. The molecule has 1 aliphatic rings. The molecule has 0 atom stereocenters. The van der Waals surface area contributed by atoms with Crippen molar-refractivity contribution in [1.82, 2.24) is 29.7 Å². The maximum Gasteiger partial charge on any atom is 0.229 e. The first-order valence-electron chi connectivity index (χ1n) is 11.3. The molecule has 1 saturated heterocycles. The Morgan fingerprint density at radius 3 is 2.46 bits per heavy atom. The van der Waals surface area contributed by atoms with Gasteiger partial charge in [-0.25, -0.2) is 23.7 Å². The van der Waals surface area contributed by atoms with Gasteiger partial charge in [0, 0.05) is 56.1 Å². The molecule has 0 radical (unpaired) electrons. The van der Waals surface area contributed by atoms with Gasteiger partial charge in [-0.1, -0.05) is 19.1 Å². The second-order valence-electron chi connectivity index (χ2n) is 8.31. The number of hydrogen-bond acceptors (Lipinski definition) is 7. The third-order valence-electron chi connectivity index (χ3n) is 6.06. The zero-order chi connectivity index (χ0) is 23.5. The summed E-state index contributed by atoms with van der Waals surface area (Å²) in [5, 5.41) is 3.58. The van der Waals surface area contributed by atoms with E-state index < -0.39 is 11.6 Å².